The van der Waals surface area contributed by atoms with E-state index in [-0.39, 0.29) is 0 Å². The van der Waals surface area contributed by atoms with Gasteiger partial charge in [-0.3, -0.25) is 0 Å². The number of furan rings is 1. The minimum Gasteiger partial charge on any atom is -0.456 e. The fourth-order valence-corrected chi connectivity index (χ4v) is 8.09. The van der Waals surface area contributed by atoms with Gasteiger partial charge < -0.3 is 4.42 Å². The van der Waals surface area contributed by atoms with Crippen LogP contribution in [0.4, 0.5) is 0 Å². The summed E-state index contributed by atoms with van der Waals surface area (Å²) in [6.45, 7) is 2.27. The Labute approximate surface area is 308 Å². The Bertz CT molecular complexity index is 2880. The predicted molar refractivity (Wildman–Crippen MR) is 220 cm³/mol. The van der Waals surface area contributed by atoms with E-state index in [9.17, 15) is 0 Å². The SMILES string of the molecule is CCCCC1=Cc2cc(-c3cc(-c4nc(-c5ccccc5)nc(-c5cc6ccccc6c6ccccc56)n4)c4c(c3)oc3ccccc34)ccc2CC1. The molecule has 10 rings (SSSR count). The van der Waals surface area contributed by atoms with Gasteiger partial charge in [0.25, 0.3) is 0 Å². The van der Waals surface area contributed by atoms with Gasteiger partial charge in [0, 0.05) is 27.5 Å². The number of allylic oxidation sites excluding steroid dienone is 1. The first-order valence-corrected chi connectivity index (χ1v) is 18.7. The average Bonchev–Trinajstić information content (AvgIpc) is 3.61. The Balaban J connectivity index is 1.23. The Morgan fingerprint density at radius 1 is 0.528 bits per heavy atom. The highest BCUT2D eigenvalue weighted by atomic mass is 16.3. The Morgan fingerprint density at radius 2 is 1.25 bits per heavy atom. The normalized spacial score (nSPS) is 12.8. The van der Waals surface area contributed by atoms with Gasteiger partial charge in [0.2, 0.25) is 0 Å². The Hall–Kier alpha value is -6.39. The second-order valence-corrected chi connectivity index (χ2v) is 14.2. The molecule has 0 radical (unpaired) electrons. The van der Waals surface area contributed by atoms with Crippen molar-refractivity contribution in [3.05, 3.63) is 156 Å². The summed E-state index contributed by atoms with van der Waals surface area (Å²) in [4.78, 5) is 15.8. The van der Waals surface area contributed by atoms with Crippen molar-refractivity contribution in [1.82, 2.24) is 15.0 Å². The van der Waals surface area contributed by atoms with Crippen molar-refractivity contribution in [3.8, 4) is 45.3 Å². The Kier molecular flexibility index (Phi) is 7.68. The number of hydrogen-bond acceptors (Lipinski definition) is 4. The molecule has 1 aliphatic carbocycles. The summed E-state index contributed by atoms with van der Waals surface area (Å²) < 4.78 is 6.60. The lowest BCUT2D eigenvalue weighted by molar-refractivity contribution is 0.669. The number of hydrogen-bond donors (Lipinski definition) is 0. The van der Waals surface area contributed by atoms with Crippen molar-refractivity contribution in [3.63, 3.8) is 0 Å². The molecule has 2 heterocycles. The highest BCUT2D eigenvalue weighted by molar-refractivity contribution is 6.14. The molecule has 0 bridgehead atoms. The van der Waals surface area contributed by atoms with Gasteiger partial charge in [0.15, 0.2) is 17.5 Å². The standard InChI is InChI=1S/C49H37N3O/c1-2-3-13-31-22-23-32-24-25-34(27-36(32)26-31)37-29-43(46-41-20-11-12-21-44(41)53-45(46)30-37)49-51-47(33-14-5-4-6-15-33)50-48(52-49)42-28-35-16-7-8-17-38(35)39-18-9-10-19-40(39)42/h4-12,14-21,24-30H,2-3,13,22-23H2,1H3. The molecule has 0 aliphatic heterocycles. The molecule has 4 nitrogen and oxygen atoms in total. The fourth-order valence-electron chi connectivity index (χ4n) is 8.09. The fraction of sp³-hybridized carbons (Fsp3) is 0.122. The zero-order valence-electron chi connectivity index (χ0n) is 29.6. The van der Waals surface area contributed by atoms with E-state index < -0.39 is 0 Å². The summed E-state index contributed by atoms with van der Waals surface area (Å²) >= 11 is 0. The molecule has 254 valence electrons. The van der Waals surface area contributed by atoms with E-state index in [1.165, 1.54) is 41.2 Å². The van der Waals surface area contributed by atoms with E-state index in [2.05, 4.69) is 122 Å². The van der Waals surface area contributed by atoms with E-state index in [0.717, 1.165) is 73.4 Å². The van der Waals surface area contributed by atoms with Gasteiger partial charge in [-0.1, -0.05) is 134 Å². The first-order chi connectivity index (χ1) is 26.2. The van der Waals surface area contributed by atoms with Crippen LogP contribution >= 0.6 is 0 Å². The first kappa shape index (κ1) is 31.4. The summed E-state index contributed by atoms with van der Waals surface area (Å²) in [6.07, 6.45) is 8.30. The van der Waals surface area contributed by atoms with Crippen LogP contribution in [0, 0.1) is 0 Å². The third-order valence-corrected chi connectivity index (χ3v) is 10.8. The minimum atomic E-state index is 0.615. The molecule has 0 saturated carbocycles. The van der Waals surface area contributed by atoms with E-state index in [0.29, 0.717) is 17.5 Å². The van der Waals surface area contributed by atoms with Crippen molar-refractivity contribution in [2.45, 2.75) is 39.0 Å². The monoisotopic (exact) mass is 683 g/mol. The summed E-state index contributed by atoms with van der Waals surface area (Å²) in [5, 5.41) is 6.68. The van der Waals surface area contributed by atoms with Crippen LogP contribution in [0.25, 0.3) is 94.8 Å². The number of fused-ring (bicyclic) bond motifs is 7. The van der Waals surface area contributed by atoms with Crippen LogP contribution in [0.15, 0.2) is 150 Å². The number of nitrogens with zero attached hydrogens (tertiary/aromatic N) is 3. The number of aryl methyl sites for hydroxylation is 1. The van der Waals surface area contributed by atoms with Gasteiger partial charge in [-0.05, 0) is 99.8 Å². The summed E-state index contributed by atoms with van der Waals surface area (Å²) in [5.74, 6) is 1.89. The highest BCUT2D eigenvalue weighted by Gasteiger charge is 2.21. The molecule has 0 saturated heterocycles. The van der Waals surface area contributed by atoms with E-state index in [4.69, 9.17) is 19.4 Å². The molecule has 9 aromatic rings. The van der Waals surface area contributed by atoms with Gasteiger partial charge >= 0.3 is 0 Å². The molecule has 2 aromatic heterocycles. The molecule has 7 aromatic carbocycles. The van der Waals surface area contributed by atoms with E-state index >= 15 is 0 Å². The van der Waals surface area contributed by atoms with Crippen molar-refractivity contribution in [2.24, 2.45) is 0 Å². The topological polar surface area (TPSA) is 51.8 Å². The average molecular weight is 684 g/mol. The molecule has 0 atom stereocenters. The second-order valence-electron chi connectivity index (χ2n) is 14.2. The number of rotatable bonds is 7. The highest BCUT2D eigenvalue weighted by Crippen LogP contribution is 2.41. The maximum absolute atomic E-state index is 6.60. The summed E-state index contributed by atoms with van der Waals surface area (Å²) in [5.41, 5.74) is 11.0. The van der Waals surface area contributed by atoms with Gasteiger partial charge in [-0.15, -0.1) is 0 Å². The molecule has 0 amide bonds. The van der Waals surface area contributed by atoms with Crippen molar-refractivity contribution in [2.75, 3.05) is 0 Å². The minimum absolute atomic E-state index is 0.615. The molecule has 1 aliphatic rings. The van der Waals surface area contributed by atoms with Crippen LogP contribution in [-0.2, 0) is 6.42 Å². The molecular weight excluding hydrogens is 647 g/mol. The van der Waals surface area contributed by atoms with Crippen LogP contribution in [-0.4, -0.2) is 15.0 Å². The molecule has 0 unspecified atom stereocenters. The maximum Gasteiger partial charge on any atom is 0.164 e. The molecule has 4 heteroatoms. The Morgan fingerprint density at radius 3 is 2.09 bits per heavy atom. The lowest BCUT2D eigenvalue weighted by Crippen LogP contribution is -2.01. The van der Waals surface area contributed by atoms with Crippen molar-refractivity contribution < 1.29 is 4.42 Å². The predicted octanol–water partition coefficient (Wildman–Crippen LogP) is 13.3. The second kappa shape index (κ2) is 13.0. The lowest BCUT2D eigenvalue weighted by Gasteiger charge is -2.18. The number of aromatic nitrogens is 3. The smallest absolute Gasteiger partial charge is 0.164 e. The lowest BCUT2D eigenvalue weighted by atomic mass is 9.87. The van der Waals surface area contributed by atoms with Crippen LogP contribution in [0.5, 0.6) is 0 Å². The largest absolute Gasteiger partial charge is 0.456 e. The quantitative estimate of drug-likeness (QED) is 0.157. The van der Waals surface area contributed by atoms with E-state index in [1.807, 2.05) is 30.3 Å². The van der Waals surface area contributed by atoms with Crippen LogP contribution in [0.1, 0.15) is 43.7 Å². The third-order valence-electron chi connectivity index (χ3n) is 10.8. The summed E-state index contributed by atoms with van der Waals surface area (Å²) in [7, 11) is 0. The zero-order chi connectivity index (χ0) is 35.3. The maximum atomic E-state index is 6.60. The number of unbranched alkanes of at least 4 members (excludes halogenated alkanes) is 1. The van der Waals surface area contributed by atoms with Gasteiger partial charge in [0.1, 0.15) is 11.2 Å². The molecule has 0 N–H and O–H groups in total. The number of benzene rings is 7. The molecule has 53 heavy (non-hydrogen) atoms. The van der Waals surface area contributed by atoms with Crippen LogP contribution in [0.2, 0.25) is 0 Å². The first-order valence-electron chi connectivity index (χ1n) is 18.7. The van der Waals surface area contributed by atoms with Crippen molar-refractivity contribution in [1.29, 1.82) is 0 Å². The van der Waals surface area contributed by atoms with Gasteiger partial charge in [-0.2, -0.15) is 0 Å². The van der Waals surface area contributed by atoms with Crippen LogP contribution < -0.4 is 0 Å². The van der Waals surface area contributed by atoms with Crippen molar-refractivity contribution >= 4 is 49.6 Å². The van der Waals surface area contributed by atoms with E-state index in [1.54, 1.807) is 5.57 Å². The summed E-state index contributed by atoms with van der Waals surface area (Å²) in [6, 6.07) is 49.1. The van der Waals surface area contributed by atoms with Gasteiger partial charge in [-0.25, -0.2) is 15.0 Å². The third kappa shape index (κ3) is 5.59. The number of para-hydroxylation sites is 1. The molecule has 0 spiro atoms. The van der Waals surface area contributed by atoms with Gasteiger partial charge in [0.05, 0.1) is 0 Å². The van der Waals surface area contributed by atoms with Crippen LogP contribution in [0.3, 0.4) is 0 Å². The zero-order valence-corrected chi connectivity index (χ0v) is 29.6. The molecule has 0 fully saturated rings. The molecular formula is C49H37N3O.